The van der Waals surface area contributed by atoms with Gasteiger partial charge >= 0.3 is 0 Å². The number of rotatable bonds is 7. The zero-order chi connectivity index (χ0) is 22.2. The van der Waals surface area contributed by atoms with Crippen molar-refractivity contribution in [2.45, 2.75) is 30.0 Å². The first-order valence-corrected chi connectivity index (χ1v) is 11.5. The molecule has 0 saturated carbocycles. The summed E-state index contributed by atoms with van der Waals surface area (Å²) in [7, 11) is 0. The predicted octanol–water partition coefficient (Wildman–Crippen LogP) is 5.19. The van der Waals surface area contributed by atoms with Crippen molar-refractivity contribution in [2.75, 3.05) is 0 Å². The molecule has 3 N–H and O–H groups in total. The summed E-state index contributed by atoms with van der Waals surface area (Å²) in [5.41, 5.74) is 13.5. The van der Waals surface area contributed by atoms with Crippen LogP contribution < -0.4 is 16.3 Å². The summed E-state index contributed by atoms with van der Waals surface area (Å²) < 4.78 is 0. The highest BCUT2D eigenvalue weighted by Crippen LogP contribution is 2.25. The van der Waals surface area contributed by atoms with Gasteiger partial charge in [0.2, 0.25) is 5.96 Å². The van der Waals surface area contributed by atoms with E-state index in [2.05, 4.69) is 89.8 Å². The van der Waals surface area contributed by atoms with E-state index >= 15 is 0 Å². The van der Waals surface area contributed by atoms with Crippen LogP contribution in [0, 0.1) is 6.92 Å². The van der Waals surface area contributed by atoms with Crippen molar-refractivity contribution in [1.82, 2.24) is 16.3 Å². The Balaban J connectivity index is 1.39. The third-order valence-electron chi connectivity index (χ3n) is 4.97. The molecule has 0 aliphatic carbocycles. The van der Waals surface area contributed by atoms with Crippen LogP contribution >= 0.6 is 11.8 Å². The van der Waals surface area contributed by atoms with Crippen LogP contribution in [0.15, 0.2) is 112 Å². The molecule has 0 saturated heterocycles. The van der Waals surface area contributed by atoms with Crippen molar-refractivity contribution < 1.29 is 0 Å². The van der Waals surface area contributed by atoms with Crippen molar-refractivity contribution in [3.05, 3.63) is 114 Å². The molecule has 0 aromatic heterocycles. The Bertz CT molecular complexity index is 1090. The van der Waals surface area contributed by atoms with E-state index in [1.54, 1.807) is 0 Å². The lowest BCUT2D eigenvalue weighted by molar-refractivity contribution is 0.735. The molecule has 1 aliphatic heterocycles. The maximum absolute atomic E-state index is 4.86. The fourth-order valence-corrected chi connectivity index (χ4v) is 4.20. The third kappa shape index (κ3) is 5.80. The molecule has 5 nitrogen and oxygen atoms in total. The lowest BCUT2D eigenvalue weighted by Gasteiger charge is -2.23. The van der Waals surface area contributed by atoms with Gasteiger partial charge in [-0.15, -0.1) is 11.8 Å². The fourth-order valence-electron chi connectivity index (χ4n) is 3.32. The van der Waals surface area contributed by atoms with Gasteiger partial charge in [0, 0.05) is 21.9 Å². The van der Waals surface area contributed by atoms with Crippen LogP contribution in [0.1, 0.15) is 29.7 Å². The van der Waals surface area contributed by atoms with Crippen LogP contribution in [0.25, 0.3) is 0 Å². The predicted molar refractivity (Wildman–Crippen MR) is 135 cm³/mol. The van der Waals surface area contributed by atoms with E-state index in [0.717, 1.165) is 16.8 Å². The summed E-state index contributed by atoms with van der Waals surface area (Å²) in [5, 5.41) is 4.95. The van der Waals surface area contributed by atoms with Crippen LogP contribution in [0.3, 0.4) is 0 Å². The first-order valence-electron chi connectivity index (χ1n) is 10.6. The van der Waals surface area contributed by atoms with Crippen LogP contribution in [-0.2, 0) is 0 Å². The van der Waals surface area contributed by atoms with Gasteiger partial charge in [-0.1, -0.05) is 84.4 Å². The van der Waals surface area contributed by atoms with E-state index in [4.69, 9.17) is 4.99 Å². The zero-order valence-electron chi connectivity index (χ0n) is 18.2. The summed E-state index contributed by atoms with van der Waals surface area (Å²) in [6.45, 7) is 4.27. The Morgan fingerprint density at radius 1 is 0.938 bits per heavy atom. The summed E-state index contributed by atoms with van der Waals surface area (Å²) in [6, 6.07) is 28.7. The van der Waals surface area contributed by atoms with Crippen molar-refractivity contribution >= 4 is 23.4 Å². The van der Waals surface area contributed by atoms with E-state index in [1.165, 1.54) is 10.5 Å². The number of nitrogens with zero attached hydrogens (tertiary/aromatic N) is 2. The van der Waals surface area contributed by atoms with E-state index in [0.29, 0.717) is 11.2 Å². The molecule has 1 heterocycles. The number of hydrogen-bond acceptors (Lipinski definition) is 6. The van der Waals surface area contributed by atoms with Gasteiger partial charge in [-0.25, -0.2) is 10.4 Å². The van der Waals surface area contributed by atoms with Crippen LogP contribution in [0.4, 0.5) is 0 Å². The molecule has 32 heavy (non-hydrogen) atoms. The van der Waals surface area contributed by atoms with Gasteiger partial charge in [-0.3, -0.25) is 5.43 Å². The number of hydrazine groups is 1. The number of nitrogens with one attached hydrogen (secondary N) is 3. The number of thioether (sulfide) groups is 1. The molecule has 0 unspecified atom stereocenters. The van der Waals surface area contributed by atoms with Crippen LogP contribution in [0.5, 0.6) is 0 Å². The second-order valence-electron chi connectivity index (χ2n) is 7.53. The Morgan fingerprint density at radius 3 is 2.34 bits per heavy atom. The van der Waals surface area contributed by atoms with Gasteiger partial charge in [0.1, 0.15) is 6.04 Å². The number of hydrazone groups is 1. The summed E-state index contributed by atoms with van der Waals surface area (Å²) in [6.07, 6.45) is 4.00. The monoisotopic (exact) mass is 441 g/mol. The second-order valence-corrected chi connectivity index (χ2v) is 8.98. The van der Waals surface area contributed by atoms with Crippen LogP contribution in [-0.4, -0.2) is 16.9 Å². The highest BCUT2D eigenvalue weighted by atomic mass is 32.2. The largest absolute Gasteiger partial charge is 0.306 e. The Hall–Kier alpha value is -3.51. The molecule has 162 valence electrons. The molecule has 6 heteroatoms. The molecule has 0 spiro atoms. The molecule has 2 atom stereocenters. The Morgan fingerprint density at radius 2 is 1.62 bits per heavy atom. The molecule has 3 aromatic rings. The zero-order valence-corrected chi connectivity index (χ0v) is 19.0. The van der Waals surface area contributed by atoms with E-state index in [1.807, 2.05) is 54.4 Å². The number of guanidine groups is 1. The Kier molecular flexibility index (Phi) is 7.25. The Labute approximate surface area is 193 Å². The smallest absolute Gasteiger partial charge is 0.232 e. The molecule has 1 aliphatic rings. The van der Waals surface area contributed by atoms with E-state index in [-0.39, 0.29) is 6.04 Å². The van der Waals surface area contributed by atoms with Gasteiger partial charge in [-0.05, 0) is 31.5 Å². The van der Waals surface area contributed by atoms with Crippen molar-refractivity contribution in [2.24, 2.45) is 10.1 Å². The van der Waals surface area contributed by atoms with Gasteiger partial charge in [-0.2, -0.15) is 5.10 Å². The SMILES string of the molecule is Cc1ccc(S[C@H](C)/C=C/NNC2=N[C@H](c3ccccc3)C(c3ccccc3)=NN2)cc1. The molecule has 0 fully saturated rings. The minimum atomic E-state index is -0.191. The minimum absolute atomic E-state index is 0.191. The number of benzene rings is 3. The lowest BCUT2D eigenvalue weighted by Crippen LogP contribution is -2.44. The maximum atomic E-state index is 4.86. The molecule has 0 amide bonds. The molecule has 0 bridgehead atoms. The number of aryl methyl sites for hydroxylation is 1. The van der Waals surface area contributed by atoms with E-state index in [9.17, 15) is 0 Å². The lowest BCUT2D eigenvalue weighted by atomic mass is 9.97. The van der Waals surface area contributed by atoms with Crippen molar-refractivity contribution in [3.63, 3.8) is 0 Å². The first kappa shape index (κ1) is 21.7. The number of hydrogen-bond donors (Lipinski definition) is 3. The molecular weight excluding hydrogens is 414 g/mol. The summed E-state index contributed by atoms with van der Waals surface area (Å²) >= 11 is 1.81. The minimum Gasteiger partial charge on any atom is -0.306 e. The quantitative estimate of drug-likeness (QED) is 0.349. The third-order valence-corrected chi connectivity index (χ3v) is 6.04. The fraction of sp³-hybridized carbons (Fsp3) is 0.154. The standard InChI is InChI=1S/C26H27N5S/c1-19-13-15-23(16-14-19)32-20(2)17-18-27-30-26-28-24(21-9-5-3-6-10-21)25(29-31-26)22-11-7-4-8-12-22/h3-18,20,24,27H,1-2H3,(H2,28,30,31)/b18-17+/t20-,24-/m1/s1. The highest BCUT2D eigenvalue weighted by Gasteiger charge is 2.23. The van der Waals surface area contributed by atoms with Gasteiger partial charge in [0.05, 0.1) is 5.71 Å². The second kappa shape index (κ2) is 10.7. The summed E-state index contributed by atoms with van der Waals surface area (Å²) in [4.78, 5) is 6.12. The van der Waals surface area contributed by atoms with E-state index < -0.39 is 0 Å². The number of aliphatic imine (C=N–C) groups is 1. The van der Waals surface area contributed by atoms with Gasteiger partial charge in [0.25, 0.3) is 0 Å². The average molecular weight is 442 g/mol. The van der Waals surface area contributed by atoms with Crippen LogP contribution in [0.2, 0.25) is 0 Å². The van der Waals surface area contributed by atoms with Gasteiger partial charge < -0.3 is 5.43 Å². The molecular formula is C26H27N5S. The average Bonchev–Trinajstić information content (AvgIpc) is 2.84. The summed E-state index contributed by atoms with van der Waals surface area (Å²) in [5.74, 6) is 0.571. The molecule has 4 rings (SSSR count). The topological polar surface area (TPSA) is 60.8 Å². The molecule has 3 aromatic carbocycles. The van der Waals surface area contributed by atoms with Gasteiger partial charge in [0.15, 0.2) is 0 Å². The maximum Gasteiger partial charge on any atom is 0.232 e. The normalized spacial score (nSPS) is 16.6. The van der Waals surface area contributed by atoms with Crippen molar-refractivity contribution in [1.29, 1.82) is 0 Å². The highest BCUT2D eigenvalue weighted by molar-refractivity contribution is 8.00. The van der Waals surface area contributed by atoms with Crippen molar-refractivity contribution in [3.8, 4) is 0 Å². The first-order chi connectivity index (χ1) is 15.7. The molecule has 0 radical (unpaired) electrons.